The predicted octanol–water partition coefficient (Wildman–Crippen LogP) is 1.88. The maximum atomic E-state index is 12.8. The summed E-state index contributed by atoms with van der Waals surface area (Å²) in [5.74, 6) is 0.208. The van der Waals surface area contributed by atoms with Crippen LogP contribution in [0.2, 0.25) is 0 Å². The first-order chi connectivity index (χ1) is 13.2. The van der Waals surface area contributed by atoms with Crippen molar-refractivity contribution >= 4 is 17.2 Å². The van der Waals surface area contributed by atoms with Crippen molar-refractivity contribution < 1.29 is 9.90 Å². The molecule has 0 saturated carbocycles. The van der Waals surface area contributed by atoms with E-state index in [2.05, 4.69) is 15.2 Å². The Morgan fingerprint density at radius 1 is 1.26 bits per heavy atom. The van der Waals surface area contributed by atoms with Gasteiger partial charge in [-0.2, -0.15) is 0 Å². The summed E-state index contributed by atoms with van der Waals surface area (Å²) in [6, 6.07) is 4.23. The number of pyridine rings is 1. The van der Waals surface area contributed by atoms with E-state index in [0.717, 1.165) is 68.0 Å². The van der Waals surface area contributed by atoms with Gasteiger partial charge >= 0.3 is 0 Å². The molecule has 0 spiro atoms. The molecule has 1 saturated heterocycles. The quantitative estimate of drug-likeness (QED) is 0.820. The molecular weight excluding hydrogens is 360 g/mol. The molecule has 7 heteroatoms. The summed E-state index contributed by atoms with van der Waals surface area (Å²) >= 11 is 1.75. The molecule has 1 aliphatic heterocycles. The third kappa shape index (κ3) is 4.36. The lowest BCUT2D eigenvalue weighted by atomic mass is 9.89. The SMILES string of the molecule is O=C(NC1CCN(CCO)CC1)C1CCc2sc(-c3ccncc3)nc2C1. The number of fused-ring (bicyclic) bond motifs is 1. The number of nitrogens with one attached hydrogen (secondary N) is 1. The van der Waals surface area contributed by atoms with Gasteiger partial charge in [0.1, 0.15) is 5.01 Å². The lowest BCUT2D eigenvalue weighted by Crippen LogP contribution is -2.47. The fourth-order valence-electron chi connectivity index (χ4n) is 3.98. The van der Waals surface area contributed by atoms with Crippen LogP contribution in [0.1, 0.15) is 29.8 Å². The minimum absolute atomic E-state index is 0.0281. The van der Waals surface area contributed by atoms with Crippen molar-refractivity contribution in [3.05, 3.63) is 35.1 Å². The van der Waals surface area contributed by atoms with Crippen molar-refractivity contribution in [3.63, 3.8) is 0 Å². The lowest BCUT2D eigenvalue weighted by Gasteiger charge is -2.33. The number of piperidine rings is 1. The number of aromatic nitrogens is 2. The minimum Gasteiger partial charge on any atom is -0.395 e. The van der Waals surface area contributed by atoms with Crippen molar-refractivity contribution in [1.82, 2.24) is 20.2 Å². The Hall–Kier alpha value is -1.83. The standard InChI is InChI=1S/C20H26N4O2S/c25-12-11-24-9-5-16(6-10-24)22-19(26)15-1-2-18-17(13-15)23-20(27-18)14-3-7-21-8-4-14/h3-4,7-8,15-16,25H,1-2,5-6,9-13H2,(H,22,26). The average Bonchev–Trinajstić information content (AvgIpc) is 3.14. The van der Waals surface area contributed by atoms with E-state index in [-0.39, 0.29) is 24.5 Å². The molecular formula is C20H26N4O2S. The molecule has 3 heterocycles. The first-order valence-electron chi connectivity index (χ1n) is 9.75. The predicted molar refractivity (Wildman–Crippen MR) is 106 cm³/mol. The molecule has 2 aliphatic rings. The van der Waals surface area contributed by atoms with Gasteiger partial charge < -0.3 is 15.3 Å². The lowest BCUT2D eigenvalue weighted by molar-refractivity contribution is -0.126. The van der Waals surface area contributed by atoms with Crippen LogP contribution in [0.3, 0.4) is 0 Å². The van der Waals surface area contributed by atoms with Crippen molar-refractivity contribution in [2.45, 2.75) is 38.1 Å². The summed E-state index contributed by atoms with van der Waals surface area (Å²) < 4.78 is 0. The highest BCUT2D eigenvalue weighted by atomic mass is 32.1. The van der Waals surface area contributed by atoms with E-state index >= 15 is 0 Å². The number of carbonyl (C=O) groups excluding carboxylic acids is 1. The summed E-state index contributed by atoms with van der Waals surface area (Å²) in [6.07, 6.45) is 8.09. The van der Waals surface area contributed by atoms with Gasteiger partial charge in [-0.15, -0.1) is 11.3 Å². The fraction of sp³-hybridized carbons (Fsp3) is 0.550. The number of nitrogens with zero attached hydrogens (tertiary/aromatic N) is 3. The molecule has 27 heavy (non-hydrogen) atoms. The third-order valence-corrected chi connectivity index (χ3v) is 6.79. The normalized spacial score (nSPS) is 21.0. The van der Waals surface area contributed by atoms with Gasteiger partial charge in [0.05, 0.1) is 12.3 Å². The van der Waals surface area contributed by atoms with Crippen LogP contribution in [0.25, 0.3) is 10.6 Å². The zero-order chi connectivity index (χ0) is 18.6. The number of likely N-dealkylation sites (tertiary alicyclic amines) is 1. The van der Waals surface area contributed by atoms with Crippen LogP contribution in [-0.4, -0.2) is 58.2 Å². The second kappa shape index (κ2) is 8.46. The molecule has 0 radical (unpaired) electrons. The highest BCUT2D eigenvalue weighted by Gasteiger charge is 2.29. The molecule has 4 rings (SSSR count). The number of carbonyl (C=O) groups is 1. The molecule has 0 aromatic carbocycles. The summed E-state index contributed by atoms with van der Waals surface area (Å²) in [4.78, 5) is 25.2. The van der Waals surface area contributed by atoms with Crippen molar-refractivity contribution in [3.8, 4) is 10.6 Å². The maximum absolute atomic E-state index is 12.8. The molecule has 2 N–H and O–H groups in total. The van der Waals surface area contributed by atoms with E-state index in [1.165, 1.54) is 4.88 Å². The summed E-state index contributed by atoms with van der Waals surface area (Å²) in [5, 5.41) is 13.3. The number of aryl methyl sites for hydroxylation is 1. The highest BCUT2D eigenvalue weighted by molar-refractivity contribution is 7.15. The van der Waals surface area contributed by atoms with E-state index < -0.39 is 0 Å². The average molecular weight is 387 g/mol. The molecule has 1 atom stereocenters. The van der Waals surface area contributed by atoms with Crippen LogP contribution >= 0.6 is 11.3 Å². The van der Waals surface area contributed by atoms with Crippen molar-refractivity contribution in [2.75, 3.05) is 26.2 Å². The zero-order valence-electron chi connectivity index (χ0n) is 15.4. The van der Waals surface area contributed by atoms with Gasteiger partial charge in [0.2, 0.25) is 5.91 Å². The van der Waals surface area contributed by atoms with Gasteiger partial charge in [0, 0.05) is 60.8 Å². The molecule has 0 bridgehead atoms. The van der Waals surface area contributed by atoms with Crippen molar-refractivity contribution in [1.29, 1.82) is 0 Å². The van der Waals surface area contributed by atoms with Gasteiger partial charge in [-0.1, -0.05) is 0 Å². The smallest absolute Gasteiger partial charge is 0.223 e. The van der Waals surface area contributed by atoms with E-state index in [4.69, 9.17) is 10.1 Å². The monoisotopic (exact) mass is 386 g/mol. The zero-order valence-corrected chi connectivity index (χ0v) is 16.2. The molecule has 2 aromatic rings. The number of thiazole rings is 1. The Kier molecular flexibility index (Phi) is 5.80. The van der Waals surface area contributed by atoms with Gasteiger partial charge in [-0.05, 0) is 37.8 Å². The number of amides is 1. The number of β-amino-alcohol motifs (C(OH)–C–C–N with tert-alkyl or cyclic N) is 1. The van der Waals surface area contributed by atoms with Crippen LogP contribution in [0.15, 0.2) is 24.5 Å². The Morgan fingerprint density at radius 3 is 2.78 bits per heavy atom. The Labute approximate surface area is 163 Å². The second-order valence-electron chi connectivity index (χ2n) is 7.41. The first-order valence-corrected chi connectivity index (χ1v) is 10.6. The number of aliphatic hydroxyl groups is 1. The Bertz CT molecular complexity index is 772. The number of aliphatic hydroxyl groups excluding tert-OH is 1. The van der Waals surface area contributed by atoms with Crippen LogP contribution in [0, 0.1) is 5.92 Å². The van der Waals surface area contributed by atoms with E-state index in [1.54, 1.807) is 23.7 Å². The molecule has 1 aliphatic carbocycles. The summed E-state index contributed by atoms with van der Waals surface area (Å²) in [6.45, 7) is 2.83. The van der Waals surface area contributed by atoms with Crippen LogP contribution < -0.4 is 5.32 Å². The topological polar surface area (TPSA) is 78.4 Å². The number of rotatable bonds is 5. The van der Waals surface area contributed by atoms with E-state index in [0.29, 0.717) is 0 Å². The Morgan fingerprint density at radius 2 is 2.04 bits per heavy atom. The minimum atomic E-state index is 0.0281. The first kappa shape index (κ1) is 18.5. The van der Waals surface area contributed by atoms with Gasteiger partial charge in [0.15, 0.2) is 0 Å². The molecule has 6 nitrogen and oxygen atoms in total. The number of hydrogen-bond acceptors (Lipinski definition) is 6. The van der Waals surface area contributed by atoms with Gasteiger partial charge in [0.25, 0.3) is 0 Å². The molecule has 1 unspecified atom stereocenters. The van der Waals surface area contributed by atoms with E-state index in [9.17, 15) is 4.79 Å². The largest absolute Gasteiger partial charge is 0.395 e. The summed E-state index contributed by atoms with van der Waals surface area (Å²) in [5.41, 5.74) is 2.19. The van der Waals surface area contributed by atoms with E-state index in [1.807, 2.05) is 12.1 Å². The summed E-state index contributed by atoms with van der Waals surface area (Å²) in [7, 11) is 0. The molecule has 2 aromatic heterocycles. The Balaban J connectivity index is 1.34. The molecule has 144 valence electrons. The molecule has 1 fully saturated rings. The van der Waals surface area contributed by atoms with Gasteiger partial charge in [-0.25, -0.2) is 4.98 Å². The van der Waals surface area contributed by atoms with Crippen LogP contribution in [-0.2, 0) is 17.6 Å². The van der Waals surface area contributed by atoms with Crippen molar-refractivity contribution in [2.24, 2.45) is 5.92 Å². The highest BCUT2D eigenvalue weighted by Crippen LogP contribution is 2.34. The van der Waals surface area contributed by atoms with Gasteiger partial charge in [-0.3, -0.25) is 9.78 Å². The van der Waals surface area contributed by atoms with Crippen LogP contribution in [0.5, 0.6) is 0 Å². The fourth-order valence-corrected chi connectivity index (χ4v) is 5.09. The second-order valence-corrected chi connectivity index (χ2v) is 8.50. The maximum Gasteiger partial charge on any atom is 0.223 e. The third-order valence-electron chi connectivity index (χ3n) is 5.59. The number of hydrogen-bond donors (Lipinski definition) is 2. The molecule has 1 amide bonds. The van der Waals surface area contributed by atoms with Crippen LogP contribution in [0.4, 0.5) is 0 Å².